The first kappa shape index (κ1) is 11.4. The molecule has 0 aliphatic carbocycles. The lowest BCUT2D eigenvalue weighted by atomic mass is 9.85. The molecule has 0 aromatic heterocycles. The first-order valence-electron chi connectivity index (χ1n) is 6.23. The second-order valence-electron chi connectivity index (χ2n) is 4.81. The fourth-order valence-electron chi connectivity index (χ4n) is 2.79. The Kier molecular flexibility index (Phi) is 4.42. The average molecular weight is 213 g/mol. The molecule has 2 atom stereocenters. The minimum atomic E-state index is 0.667. The number of nitrogens with one attached hydrogen (secondary N) is 1. The lowest BCUT2D eigenvalue weighted by Crippen LogP contribution is -2.38. The van der Waals surface area contributed by atoms with Gasteiger partial charge in [-0.3, -0.25) is 0 Å². The summed E-state index contributed by atoms with van der Waals surface area (Å²) in [6.45, 7) is 3.84. The van der Waals surface area contributed by atoms with Crippen molar-refractivity contribution < 1.29 is 9.47 Å². The van der Waals surface area contributed by atoms with E-state index in [0.717, 1.165) is 38.3 Å². The van der Waals surface area contributed by atoms with E-state index in [2.05, 4.69) is 12.4 Å². The second-order valence-corrected chi connectivity index (χ2v) is 4.81. The van der Waals surface area contributed by atoms with Crippen molar-refractivity contribution in [3.05, 3.63) is 0 Å². The molecule has 2 rings (SSSR count). The van der Waals surface area contributed by atoms with Gasteiger partial charge in [0, 0.05) is 32.5 Å². The Bertz CT molecular complexity index is 174. The molecule has 3 nitrogen and oxygen atoms in total. The zero-order valence-electron chi connectivity index (χ0n) is 9.71. The lowest BCUT2D eigenvalue weighted by Gasteiger charge is -2.31. The van der Waals surface area contributed by atoms with Gasteiger partial charge in [0.1, 0.15) is 0 Å². The normalized spacial score (nSPS) is 30.6. The molecule has 0 amide bonds. The van der Waals surface area contributed by atoms with Gasteiger partial charge in [-0.05, 0) is 44.6 Å². The standard InChI is InChI=1S/C12H23NO2/c1-13-12(8-10-2-5-15-9-10)11-3-6-14-7-4-11/h10-13H,2-9H2,1H3. The highest BCUT2D eigenvalue weighted by molar-refractivity contribution is 4.81. The van der Waals surface area contributed by atoms with Gasteiger partial charge in [-0.15, -0.1) is 0 Å². The van der Waals surface area contributed by atoms with E-state index in [9.17, 15) is 0 Å². The predicted molar refractivity (Wildman–Crippen MR) is 59.9 cm³/mol. The van der Waals surface area contributed by atoms with Crippen molar-refractivity contribution in [1.82, 2.24) is 5.32 Å². The first-order chi connectivity index (χ1) is 7.40. The SMILES string of the molecule is CNC(CC1CCOC1)C1CCOCC1. The van der Waals surface area contributed by atoms with Gasteiger partial charge in [0.05, 0.1) is 0 Å². The average Bonchev–Trinajstić information content (AvgIpc) is 2.80. The molecular weight excluding hydrogens is 190 g/mol. The molecule has 2 aliphatic heterocycles. The maximum Gasteiger partial charge on any atom is 0.0495 e. The van der Waals surface area contributed by atoms with Crippen LogP contribution < -0.4 is 5.32 Å². The molecule has 0 bridgehead atoms. The van der Waals surface area contributed by atoms with Crippen molar-refractivity contribution in [3.8, 4) is 0 Å². The second kappa shape index (κ2) is 5.83. The summed E-state index contributed by atoms with van der Waals surface area (Å²) in [5.74, 6) is 1.59. The molecule has 2 unspecified atom stereocenters. The summed E-state index contributed by atoms with van der Waals surface area (Å²) >= 11 is 0. The van der Waals surface area contributed by atoms with E-state index in [0.29, 0.717) is 6.04 Å². The number of ether oxygens (including phenoxy) is 2. The van der Waals surface area contributed by atoms with Gasteiger partial charge in [-0.25, -0.2) is 0 Å². The summed E-state index contributed by atoms with van der Waals surface area (Å²) in [6, 6.07) is 0.667. The summed E-state index contributed by atoms with van der Waals surface area (Å²) in [6.07, 6.45) is 4.97. The van der Waals surface area contributed by atoms with Gasteiger partial charge in [-0.2, -0.15) is 0 Å². The summed E-state index contributed by atoms with van der Waals surface area (Å²) < 4.78 is 10.8. The molecule has 88 valence electrons. The molecule has 2 saturated heterocycles. The first-order valence-corrected chi connectivity index (χ1v) is 6.23. The molecule has 2 heterocycles. The van der Waals surface area contributed by atoms with Gasteiger partial charge < -0.3 is 14.8 Å². The van der Waals surface area contributed by atoms with Crippen molar-refractivity contribution in [2.24, 2.45) is 11.8 Å². The van der Waals surface area contributed by atoms with Crippen LogP contribution in [0, 0.1) is 11.8 Å². The Morgan fingerprint density at radius 1 is 1.13 bits per heavy atom. The lowest BCUT2D eigenvalue weighted by molar-refractivity contribution is 0.0508. The quantitative estimate of drug-likeness (QED) is 0.766. The van der Waals surface area contributed by atoms with E-state index in [1.165, 1.54) is 25.7 Å². The van der Waals surface area contributed by atoms with Crippen LogP contribution in [0.5, 0.6) is 0 Å². The van der Waals surface area contributed by atoms with E-state index in [1.807, 2.05) is 0 Å². The minimum Gasteiger partial charge on any atom is -0.381 e. The molecule has 15 heavy (non-hydrogen) atoms. The zero-order chi connectivity index (χ0) is 10.5. The van der Waals surface area contributed by atoms with Gasteiger partial charge in [-0.1, -0.05) is 0 Å². The zero-order valence-corrected chi connectivity index (χ0v) is 9.71. The van der Waals surface area contributed by atoms with Crippen LogP contribution in [0.15, 0.2) is 0 Å². The Morgan fingerprint density at radius 2 is 1.87 bits per heavy atom. The Hall–Kier alpha value is -0.120. The van der Waals surface area contributed by atoms with Crippen molar-refractivity contribution in [3.63, 3.8) is 0 Å². The summed E-state index contributed by atoms with van der Waals surface area (Å²) in [5, 5.41) is 3.49. The van der Waals surface area contributed by atoms with E-state index >= 15 is 0 Å². The van der Waals surface area contributed by atoms with Gasteiger partial charge >= 0.3 is 0 Å². The Labute approximate surface area is 92.5 Å². The third kappa shape index (κ3) is 3.16. The molecule has 0 saturated carbocycles. The molecule has 1 N–H and O–H groups in total. The molecule has 0 aromatic carbocycles. The van der Waals surface area contributed by atoms with Crippen molar-refractivity contribution >= 4 is 0 Å². The maximum atomic E-state index is 5.44. The van der Waals surface area contributed by atoms with Crippen molar-refractivity contribution in [2.75, 3.05) is 33.5 Å². The fraction of sp³-hybridized carbons (Fsp3) is 1.00. The van der Waals surface area contributed by atoms with Crippen LogP contribution in [0.2, 0.25) is 0 Å². The third-order valence-corrected chi connectivity index (χ3v) is 3.82. The van der Waals surface area contributed by atoms with Gasteiger partial charge in [0.2, 0.25) is 0 Å². The number of hydrogen-bond acceptors (Lipinski definition) is 3. The summed E-state index contributed by atoms with van der Waals surface area (Å²) in [7, 11) is 2.09. The molecule has 2 aliphatic rings. The van der Waals surface area contributed by atoms with Crippen LogP contribution >= 0.6 is 0 Å². The van der Waals surface area contributed by atoms with Crippen LogP contribution in [-0.4, -0.2) is 39.5 Å². The van der Waals surface area contributed by atoms with Crippen LogP contribution in [0.3, 0.4) is 0 Å². The van der Waals surface area contributed by atoms with E-state index in [-0.39, 0.29) is 0 Å². The molecule has 0 aromatic rings. The molecule has 0 spiro atoms. The summed E-state index contributed by atoms with van der Waals surface area (Å²) in [4.78, 5) is 0. The van der Waals surface area contributed by atoms with Crippen LogP contribution in [0.25, 0.3) is 0 Å². The Morgan fingerprint density at radius 3 is 2.47 bits per heavy atom. The van der Waals surface area contributed by atoms with E-state index in [1.54, 1.807) is 0 Å². The highest BCUT2D eigenvalue weighted by atomic mass is 16.5. The van der Waals surface area contributed by atoms with Crippen LogP contribution in [0.1, 0.15) is 25.7 Å². The highest BCUT2D eigenvalue weighted by Gasteiger charge is 2.27. The molecule has 2 fully saturated rings. The van der Waals surface area contributed by atoms with E-state index < -0.39 is 0 Å². The van der Waals surface area contributed by atoms with Crippen LogP contribution in [-0.2, 0) is 9.47 Å². The van der Waals surface area contributed by atoms with Crippen molar-refractivity contribution in [2.45, 2.75) is 31.7 Å². The van der Waals surface area contributed by atoms with E-state index in [4.69, 9.17) is 9.47 Å². The molecule has 3 heteroatoms. The highest BCUT2D eigenvalue weighted by Crippen LogP contribution is 2.26. The maximum absolute atomic E-state index is 5.44. The largest absolute Gasteiger partial charge is 0.381 e. The van der Waals surface area contributed by atoms with Gasteiger partial charge in [0.15, 0.2) is 0 Å². The van der Waals surface area contributed by atoms with Crippen LogP contribution in [0.4, 0.5) is 0 Å². The number of hydrogen-bond donors (Lipinski definition) is 1. The molecule has 0 radical (unpaired) electrons. The topological polar surface area (TPSA) is 30.5 Å². The molecular formula is C12H23NO2. The predicted octanol–water partition coefficient (Wildman–Crippen LogP) is 1.43. The van der Waals surface area contributed by atoms with Gasteiger partial charge in [0.25, 0.3) is 0 Å². The Balaban J connectivity index is 1.79. The monoisotopic (exact) mass is 213 g/mol. The third-order valence-electron chi connectivity index (χ3n) is 3.82. The summed E-state index contributed by atoms with van der Waals surface area (Å²) in [5.41, 5.74) is 0. The smallest absolute Gasteiger partial charge is 0.0495 e. The minimum absolute atomic E-state index is 0.667. The van der Waals surface area contributed by atoms with Crippen molar-refractivity contribution in [1.29, 1.82) is 0 Å². The fourth-order valence-corrected chi connectivity index (χ4v) is 2.79. The number of rotatable bonds is 4.